The molecule has 342 valence electrons. The van der Waals surface area contributed by atoms with Gasteiger partial charge in [0.25, 0.3) is 0 Å². The normalized spacial score (nSPS) is 46.2. The Morgan fingerprint density at radius 1 is 0.689 bits per heavy atom. The Balaban J connectivity index is 1.08. The summed E-state index contributed by atoms with van der Waals surface area (Å²) < 4.78 is 53.9. The summed E-state index contributed by atoms with van der Waals surface area (Å²) in [4.78, 5) is 46.7. The maximum absolute atomic E-state index is 16.2. The van der Waals surface area contributed by atoms with E-state index in [0.717, 1.165) is 83.5 Å². The lowest BCUT2D eigenvalue weighted by molar-refractivity contribution is -0.228. The molecule has 0 saturated heterocycles. The summed E-state index contributed by atoms with van der Waals surface area (Å²) >= 11 is 0. The van der Waals surface area contributed by atoms with E-state index in [1.54, 1.807) is 34.6 Å². The number of esters is 3. The third-order valence-electron chi connectivity index (χ3n) is 21.1. The lowest BCUT2D eigenvalue weighted by Crippen LogP contribution is -2.73. The Bertz CT molecular complexity index is 1860. The zero-order chi connectivity index (χ0) is 43.4. The molecule has 0 spiro atoms. The zero-order valence-corrected chi connectivity index (χ0v) is 39.3. The Hall–Kier alpha value is -1.72. The van der Waals surface area contributed by atoms with Crippen molar-refractivity contribution >= 4 is 27.9 Å². The van der Waals surface area contributed by atoms with Crippen LogP contribution < -0.4 is 4.72 Å². The third-order valence-corrected chi connectivity index (χ3v) is 23.7. The van der Waals surface area contributed by atoms with E-state index < -0.39 is 77.4 Å². The highest BCUT2D eigenvalue weighted by Gasteiger charge is 2.74. The standard InChI is InChI=1S/C50H77NO9S/c1-8-49(11-9-10-12-49)60-42(54)45(6,43(3,4)41(53)59-44(5)38-18-31-13-32(20-38)21-39(44)19-31)46(7,61(56,57)51-47-22-33-14-34(23-47)16-35(15-33)24-47)30(2)40(52)58-50-27-36-17-37(28-50)26-48(55,25-36)29-50/h30-39,51,55H,8-29H2,1-7H3. The SMILES string of the molecule is CCC1(OC(=O)C(C)(C(C)(C)C(=O)OC2(C)C3CC4CC(C3)CC2C4)C(C)(C(C)C(=O)OC23CC4CC(CC(O)(C4)C2)C3)S(=O)(=O)NC23CC4CC(CC(C4)C2)C3)CCCC1. The molecule has 13 fully saturated rings. The van der Waals surface area contributed by atoms with Crippen LogP contribution in [0.5, 0.6) is 0 Å². The number of nitrogens with one attached hydrogen (secondary N) is 1. The molecule has 13 aliphatic rings. The maximum atomic E-state index is 16.2. The average molecular weight is 868 g/mol. The van der Waals surface area contributed by atoms with Crippen molar-refractivity contribution < 1.29 is 42.1 Å². The smallest absolute Gasteiger partial charge is 0.315 e. The predicted molar refractivity (Wildman–Crippen MR) is 230 cm³/mol. The second kappa shape index (κ2) is 13.9. The van der Waals surface area contributed by atoms with E-state index in [1.165, 1.54) is 6.42 Å². The van der Waals surface area contributed by atoms with Crippen LogP contribution in [-0.4, -0.2) is 64.1 Å². The van der Waals surface area contributed by atoms with Crippen LogP contribution in [0, 0.1) is 70.0 Å². The first kappa shape index (κ1) is 43.2. The van der Waals surface area contributed by atoms with Gasteiger partial charge in [0.15, 0.2) is 0 Å². The van der Waals surface area contributed by atoms with Crippen LogP contribution in [0.25, 0.3) is 0 Å². The molecule has 13 saturated carbocycles. The van der Waals surface area contributed by atoms with Crippen LogP contribution >= 0.6 is 0 Å². The molecule has 13 rings (SSSR count). The molecule has 0 aromatic carbocycles. The third kappa shape index (κ3) is 6.44. The molecule has 13 aliphatic carbocycles. The summed E-state index contributed by atoms with van der Waals surface area (Å²) in [5, 5.41) is 11.7. The fraction of sp³-hybridized carbons (Fsp3) is 0.940. The van der Waals surface area contributed by atoms with Crippen LogP contribution in [0.2, 0.25) is 0 Å². The summed E-state index contributed by atoms with van der Waals surface area (Å²) in [6, 6.07) is 0. The number of ether oxygens (including phenoxy) is 3. The largest absolute Gasteiger partial charge is 0.459 e. The van der Waals surface area contributed by atoms with E-state index in [4.69, 9.17) is 14.2 Å². The highest BCUT2D eigenvalue weighted by atomic mass is 32.2. The van der Waals surface area contributed by atoms with Crippen molar-refractivity contribution in [2.75, 3.05) is 0 Å². The van der Waals surface area contributed by atoms with Crippen molar-refractivity contribution in [3.05, 3.63) is 0 Å². The van der Waals surface area contributed by atoms with E-state index in [-0.39, 0.29) is 23.7 Å². The number of aliphatic hydroxyl groups is 1. The Morgan fingerprint density at radius 2 is 1.18 bits per heavy atom. The predicted octanol–water partition coefficient (Wildman–Crippen LogP) is 8.95. The first-order valence-electron chi connectivity index (χ1n) is 24.9. The van der Waals surface area contributed by atoms with Crippen molar-refractivity contribution in [3.8, 4) is 0 Å². The van der Waals surface area contributed by atoms with Gasteiger partial charge in [0.1, 0.15) is 27.0 Å². The van der Waals surface area contributed by atoms with Crippen molar-refractivity contribution in [1.29, 1.82) is 0 Å². The van der Waals surface area contributed by atoms with Gasteiger partial charge in [-0.3, -0.25) is 14.4 Å². The van der Waals surface area contributed by atoms with Gasteiger partial charge in [-0.1, -0.05) is 13.8 Å². The summed E-state index contributed by atoms with van der Waals surface area (Å²) in [5.41, 5.74) is -7.95. The molecule has 5 unspecified atom stereocenters. The number of sulfonamides is 1. The Labute approximate surface area is 365 Å². The zero-order valence-electron chi connectivity index (χ0n) is 38.5. The second-order valence-electron chi connectivity index (χ2n) is 25.2. The Morgan fingerprint density at radius 3 is 1.67 bits per heavy atom. The lowest BCUT2D eigenvalue weighted by atomic mass is 9.50. The molecular formula is C50H77NO9S. The summed E-state index contributed by atoms with van der Waals surface area (Å²) in [6.45, 7) is 12.2. The van der Waals surface area contributed by atoms with Gasteiger partial charge in [-0.2, -0.15) is 0 Å². The molecule has 11 heteroatoms. The summed E-state index contributed by atoms with van der Waals surface area (Å²) in [6.07, 6.45) is 18.4. The first-order chi connectivity index (χ1) is 28.5. The number of carbonyl (C=O) groups excluding carboxylic acids is 3. The van der Waals surface area contributed by atoms with Crippen LogP contribution in [0.3, 0.4) is 0 Å². The van der Waals surface area contributed by atoms with Crippen molar-refractivity contribution in [3.63, 3.8) is 0 Å². The van der Waals surface area contributed by atoms with Gasteiger partial charge in [0.05, 0.1) is 16.9 Å². The molecule has 0 aromatic heterocycles. The highest BCUT2D eigenvalue weighted by molar-refractivity contribution is 7.91. The van der Waals surface area contributed by atoms with Crippen molar-refractivity contribution in [2.45, 2.75) is 222 Å². The van der Waals surface area contributed by atoms with Crippen LogP contribution in [0.4, 0.5) is 0 Å². The first-order valence-corrected chi connectivity index (χ1v) is 26.4. The number of hydrogen-bond donors (Lipinski definition) is 2. The monoisotopic (exact) mass is 868 g/mol. The molecule has 5 atom stereocenters. The quantitative estimate of drug-likeness (QED) is 0.137. The molecule has 2 N–H and O–H groups in total. The van der Waals surface area contributed by atoms with Crippen LogP contribution in [0.1, 0.15) is 190 Å². The van der Waals surface area contributed by atoms with E-state index >= 15 is 22.8 Å². The van der Waals surface area contributed by atoms with Crippen LogP contribution in [-0.2, 0) is 38.6 Å². The van der Waals surface area contributed by atoms with Gasteiger partial charge in [0.2, 0.25) is 10.0 Å². The number of carbonyl (C=O) groups is 3. The van der Waals surface area contributed by atoms with Gasteiger partial charge in [-0.15, -0.1) is 0 Å². The van der Waals surface area contributed by atoms with Crippen LogP contribution in [0.15, 0.2) is 0 Å². The minimum absolute atomic E-state index is 0.209. The van der Waals surface area contributed by atoms with E-state index in [1.807, 2.05) is 6.92 Å². The molecule has 0 amide bonds. The molecule has 0 aromatic rings. The van der Waals surface area contributed by atoms with Gasteiger partial charge in [-0.25, -0.2) is 13.1 Å². The van der Waals surface area contributed by atoms with Crippen molar-refractivity contribution in [2.24, 2.45) is 70.0 Å². The molecule has 12 bridgehead atoms. The Kier molecular flexibility index (Phi) is 9.84. The topological polar surface area (TPSA) is 145 Å². The molecule has 0 aliphatic heterocycles. The molecule has 0 radical (unpaired) electrons. The molecular weight excluding hydrogens is 791 g/mol. The number of rotatable bonds is 13. The van der Waals surface area contributed by atoms with Gasteiger partial charge in [0, 0.05) is 12.0 Å². The minimum Gasteiger partial charge on any atom is -0.459 e. The molecule has 61 heavy (non-hydrogen) atoms. The van der Waals surface area contributed by atoms with E-state index in [2.05, 4.69) is 11.6 Å². The fourth-order valence-electron chi connectivity index (χ4n) is 18.1. The minimum atomic E-state index is -4.66. The molecule has 0 heterocycles. The van der Waals surface area contributed by atoms with Gasteiger partial charge < -0.3 is 19.3 Å². The molecule has 10 nitrogen and oxygen atoms in total. The fourth-order valence-corrected chi connectivity index (χ4v) is 20.6. The van der Waals surface area contributed by atoms with Gasteiger partial charge in [-0.05, 0) is 223 Å². The summed E-state index contributed by atoms with van der Waals surface area (Å²) in [5.74, 6) is -0.0126. The van der Waals surface area contributed by atoms with E-state index in [0.29, 0.717) is 81.0 Å². The van der Waals surface area contributed by atoms with Crippen molar-refractivity contribution in [1.82, 2.24) is 4.72 Å². The average Bonchev–Trinajstić information content (AvgIpc) is 3.62. The maximum Gasteiger partial charge on any atom is 0.315 e. The highest BCUT2D eigenvalue weighted by Crippen LogP contribution is 2.64. The second-order valence-corrected chi connectivity index (χ2v) is 27.2. The lowest BCUT2D eigenvalue weighted by Gasteiger charge is -2.61. The summed E-state index contributed by atoms with van der Waals surface area (Å²) in [7, 11) is -4.66. The number of hydrogen-bond acceptors (Lipinski definition) is 9. The van der Waals surface area contributed by atoms with E-state index in [9.17, 15) is 5.11 Å². The van der Waals surface area contributed by atoms with Gasteiger partial charge >= 0.3 is 17.9 Å².